The Morgan fingerprint density at radius 3 is 2.58 bits per heavy atom. The zero-order valence-electron chi connectivity index (χ0n) is 7.51. The molecule has 0 aromatic carbocycles. The summed E-state index contributed by atoms with van der Waals surface area (Å²) in [7, 11) is 0. The second-order valence-corrected chi connectivity index (χ2v) is 4.20. The number of carbonyl (C=O) groups is 1. The van der Waals surface area contributed by atoms with Crippen molar-refractivity contribution in [2.75, 3.05) is 0 Å². The highest BCUT2D eigenvalue weighted by Crippen LogP contribution is 2.43. The molecule has 0 amide bonds. The summed E-state index contributed by atoms with van der Waals surface area (Å²) in [5, 5.41) is 0. The van der Waals surface area contributed by atoms with Crippen molar-refractivity contribution < 1.29 is 4.79 Å². The first-order valence-electron chi connectivity index (χ1n) is 4.97. The third kappa shape index (κ3) is 1.33. The first-order valence-corrected chi connectivity index (χ1v) is 4.97. The van der Waals surface area contributed by atoms with Crippen molar-refractivity contribution in [2.45, 2.75) is 38.5 Å². The molecule has 0 bridgehead atoms. The van der Waals surface area contributed by atoms with Crippen LogP contribution in [0.15, 0.2) is 12.2 Å². The van der Waals surface area contributed by atoms with E-state index < -0.39 is 0 Å². The molecule has 12 heavy (non-hydrogen) atoms. The van der Waals surface area contributed by atoms with E-state index in [4.69, 9.17) is 0 Å². The molecule has 0 N–H and O–H groups in total. The van der Waals surface area contributed by atoms with Crippen molar-refractivity contribution in [1.29, 1.82) is 0 Å². The van der Waals surface area contributed by atoms with E-state index in [1.165, 1.54) is 24.8 Å². The van der Waals surface area contributed by atoms with Crippen LogP contribution in [-0.4, -0.2) is 5.78 Å². The largest absolute Gasteiger partial charge is 0.300 e. The van der Waals surface area contributed by atoms with Gasteiger partial charge in [-0.3, -0.25) is 4.79 Å². The Bertz CT molecular complexity index is 215. The van der Waals surface area contributed by atoms with Crippen LogP contribution in [0.4, 0.5) is 0 Å². The molecule has 1 heteroatoms. The van der Waals surface area contributed by atoms with E-state index in [0.29, 0.717) is 17.6 Å². The van der Waals surface area contributed by atoms with Crippen LogP contribution in [0.3, 0.4) is 0 Å². The molecule has 0 aliphatic heterocycles. The molecule has 1 nitrogen and oxygen atoms in total. The monoisotopic (exact) mass is 164 g/mol. The SMILES string of the molecule is C=C1CCC1C1CCCC(=O)C1. The summed E-state index contributed by atoms with van der Waals surface area (Å²) in [4.78, 5) is 11.2. The average molecular weight is 164 g/mol. The molecule has 2 atom stereocenters. The van der Waals surface area contributed by atoms with Gasteiger partial charge in [0.2, 0.25) is 0 Å². The Balaban J connectivity index is 1.94. The fraction of sp³-hybridized carbons (Fsp3) is 0.727. The summed E-state index contributed by atoms with van der Waals surface area (Å²) in [6.45, 7) is 4.03. The first-order chi connectivity index (χ1) is 5.77. The van der Waals surface area contributed by atoms with E-state index in [0.717, 1.165) is 19.3 Å². The number of Topliss-reactive ketones (excluding diaryl/α,β-unsaturated/α-hetero) is 1. The third-order valence-corrected chi connectivity index (χ3v) is 3.39. The molecule has 2 fully saturated rings. The highest BCUT2D eigenvalue weighted by Gasteiger charge is 2.33. The van der Waals surface area contributed by atoms with E-state index in [1.54, 1.807) is 0 Å². The standard InChI is InChI=1S/C11H16O/c1-8-5-6-11(8)9-3-2-4-10(12)7-9/h9,11H,1-7H2. The number of carbonyl (C=O) groups excluding carboxylic acids is 1. The molecule has 0 saturated heterocycles. The lowest BCUT2D eigenvalue weighted by Crippen LogP contribution is -2.29. The van der Waals surface area contributed by atoms with Gasteiger partial charge < -0.3 is 0 Å². The fourth-order valence-corrected chi connectivity index (χ4v) is 2.49. The summed E-state index contributed by atoms with van der Waals surface area (Å²) < 4.78 is 0. The lowest BCUT2D eigenvalue weighted by molar-refractivity contribution is -0.122. The van der Waals surface area contributed by atoms with Crippen molar-refractivity contribution in [3.8, 4) is 0 Å². The minimum atomic E-state index is 0.478. The molecule has 0 radical (unpaired) electrons. The molecule has 66 valence electrons. The Morgan fingerprint density at radius 1 is 1.25 bits per heavy atom. The highest BCUT2D eigenvalue weighted by atomic mass is 16.1. The number of ketones is 1. The normalized spacial score (nSPS) is 36.3. The van der Waals surface area contributed by atoms with Crippen molar-refractivity contribution in [3.63, 3.8) is 0 Å². The molecule has 2 aliphatic carbocycles. The first kappa shape index (κ1) is 8.03. The van der Waals surface area contributed by atoms with Crippen LogP contribution in [0, 0.1) is 11.8 Å². The van der Waals surface area contributed by atoms with Crippen LogP contribution in [0.2, 0.25) is 0 Å². The molecular formula is C11H16O. The molecule has 2 rings (SSSR count). The van der Waals surface area contributed by atoms with Gasteiger partial charge in [0.05, 0.1) is 0 Å². The van der Waals surface area contributed by atoms with E-state index in [1.807, 2.05) is 0 Å². The summed E-state index contributed by atoms with van der Waals surface area (Å²) in [6, 6.07) is 0. The maximum absolute atomic E-state index is 11.2. The van der Waals surface area contributed by atoms with Gasteiger partial charge in [0.1, 0.15) is 5.78 Å². The van der Waals surface area contributed by atoms with Crippen LogP contribution >= 0.6 is 0 Å². The van der Waals surface area contributed by atoms with Crippen molar-refractivity contribution in [3.05, 3.63) is 12.2 Å². The molecule has 2 aliphatic rings. The van der Waals surface area contributed by atoms with E-state index in [-0.39, 0.29) is 0 Å². The van der Waals surface area contributed by atoms with Gasteiger partial charge in [0, 0.05) is 12.8 Å². The molecule has 0 aromatic rings. The maximum Gasteiger partial charge on any atom is 0.133 e. The van der Waals surface area contributed by atoms with Crippen molar-refractivity contribution in [2.24, 2.45) is 11.8 Å². The van der Waals surface area contributed by atoms with Crippen LogP contribution in [-0.2, 0) is 4.79 Å². The lowest BCUT2D eigenvalue weighted by atomic mass is 9.67. The summed E-state index contributed by atoms with van der Waals surface area (Å²) >= 11 is 0. The molecule has 0 spiro atoms. The topological polar surface area (TPSA) is 17.1 Å². The maximum atomic E-state index is 11.2. The molecule has 0 aromatic heterocycles. The van der Waals surface area contributed by atoms with Gasteiger partial charge in [-0.15, -0.1) is 0 Å². The summed E-state index contributed by atoms with van der Waals surface area (Å²) in [6.07, 6.45) is 6.54. The number of hydrogen-bond donors (Lipinski definition) is 0. The Labute approximate surface area is 73.8 Å². The zero-order chi connectivity index (χ0) is 8.55. The molecular weight excluding hydrogens is 148 g/mol. The quantitative estimate of drug-likeness (QED) is 0.544. The number of allylic oxidation sites excluding steroid dienone is 1. The van der Waals surface area contributed by atoms with Gasteiger partial charge in [0.25, 0.3) is 0 Å². The highest BCUT2D eigenvalue weighted by molar-refractivity contribution is 5.79. The minimum absolute atomic E-state index is 0.478. The Kier molecular flexibility index (Phi) is 2.03. The summed E-state index contributed by atoms with van der Waals surface area (Å²) in [5.74, 6) is 1.84. The van der Waals surface area contributed by atoms with Crippen LogP contribution in [0.1, 0.15) is 38.5 Å². The van der Waals surface area contributed by atoms with E-state index in [2.05, 4.69) is 6.58 Å². The van der Waals surface area contributed by atoms with Crippen LogP contribution in [0.25, 0.3) is 0 Å². The predicted octanol–water partition coefficient (Wildman–Crippen LogP) is 2.71. The van der Waals surface area contributed by atoms with Crippen LogP contribution in [0.5, 0.6) is 0 Å². The molecule has 0 heterocycles. The summed E-state index contributed by atoms with van der Waals surface area (Å²) in [5.41, 5.74) is 1.40. The zero-order valence-corrected chi connectivity index (χ0v) is 7.51. The van der Waals surface area contributed by atoms with Gasteiger partial charge in [-0.1, -0.05) is 12.2 Å². The van der Waals surface area contributed by atoms with E-state index in [9.17, 15) is 4.79 Å². The van der Waals surface area contributed by atoms with Gasteiger partial charge in [-0.05, 0) is 37.5 Å². The number of rotatable bonds is 1. The average Bonchev–Trinajstić information content (AvgIpc) is 2.02. The van der Waals surface area contributed by atoms with Gasteiger partial charge in [0.15, 0.2) is 0 Å². The van der Waals surface area contributed by atoms with Crippen molar-refractivity contribution in [1.82, 2.24) is 0 Å². The minimum Gasteiger partial charge on any atom is -0.300 e. The fourth-order valence-electron chi connectivity index (χ4n) is 2.49. The van der Waals surface area contributed by atoms with Gasteiger partial charge in [-0.25, -0.2) is 0 Å². The second-order valence-electron chi connectivity index (χ2n) is 4.20. The Hall–Kier alpha value is -0.590. The lowest BCUT2D eigenvalue weighted by Gasteiger charge is -2.37. The van der Waals surface area contributed by atoms with Crippen LogP contribution < -0.4 is 0 Å². The van der Waals surface area contributed by atoms with E-state index >= 15 is 0 Å². The van der Waals surface area contributed by atoms with Crippen molar-refractivity contribution >= 4 is 5.78 Å². The predicted molar refractivity (Wildman–Crippen MR) is 48.8 cm³/mol. The van der Waals surface area contributed by atoms with Gasteiger partial charge >= 0.3 is 0 Å². The molecule has 2 saturated carbocycles. The second kappa shape index (κ2) is 3.04. The smallest absolute Gasteiger partial charge is 0.133 e. The third-order valence-electron chi connectivity index (χ3n) is 3.39. The molecule has 2 unspecified atom stereocenters. The van der Waals surface area contributed by atoms with Gasteiger partial charge in [-0.2, -0.15) is 0 Å². The number of hydrogen-bond acceptors (Lipinski definition) is 1. The Morgan fingerprint density at radius 2 is 2.08 bits per heavy atom.